The second-order valence-corrected chi connectivity index (χ2v) is 8.63. The van der Waals surface area contributed by atoms with Gasteiger partial charge < -0.3 is 37.9 Å². The van der Waals surface area contributed by atoms with E-state index >= 15 is 0 Å². The van der Waals surface area contributed by atoms with Gasteiger partial charge in [0.25, 0.3) is 5.08 Å². The average Bonchev–Trinajstić information content (AvgIpc) is 2.23. The van der Waals surface area contributed by atoms with Crippen LogP contribution in [0.3, 0.4) is 0 Å². The zero-order valence-electron chi connectivity index (χ0n) is 15.6. The molecule has 9 nitrogen and oxygen atoms in total. The molecule has 0 saturated heterocycles. The van der Waals surface area contributed by atoms with Gasteiger partial charge in [0.2, 0.25) is 0 Å². The van der Waals surface area contributed by atoms with Crippen molar-refractivity contribution in [3.05, 3.63) is 0 Å². The summed E-state index contributed by atoms with van der Waals surface area (Å²) in [5.41, 5.74) is 0. The molecular formula is C9H27NNa2O8P2. The molecule has 0 aliphatic carbocycles. The summed E-state index contributed by atoms with van der Waals surface area (Å²) >= 11 is 0. The number of unbranched alkanes of at least 4 members (excludes halogenated alkanes) is 2. The first kappa shape index (κ1) is 31.9. The van der Waals surface area contributed by atoms with Gasteiger partial charge in [-0.3, -0.25) is 9.13 Å². The van der Waals surface area contributed by atoms with Crippen molar-refractivity contribution in [1.82, 2.24) is 4.90 Å². The van der Waals surface area contributed by atoms with Crippen molar-refractivity contribution in [2.45, 2.75) is 37.7 Å². The number of hydrogen-bond acceptors (Lipinski definition) is 4. The van der Waals surface area contributed by atoms with E-state index in [0.717, 1.165) is 19.3 Å². The van der Waals surface area contributed by atoms with Crippen LogP contribution in [0, 0.1) is 0 Å². The van der Waals surface area contributed by atoms with Gasteiger partial charge in [0, 0.05) is 13.0 Å². The van der Waals surface area contributed by atoms with Gasteiger partial charge in [-0.1, -0.05) is 19.8 Å². The molecule has 0 radical (unpaired) electrons. The fraction of sp³-hybridized carbons (Fsp3) is 1.00. The maximum absolute atomic E-state index is 11.1. The molecule has 0 spiro atoms. The molecule has 0 aromatic heterocycles. The minimum absolute atomic E-state index is 0. The van der Waals surface area contributed by atoms with Crippen LogP contribution in [0.15, 0.2) is 0 Å². The molecule has 7 N–H and O–H groups in total. The van der Waals surface area contributed by atoms with E-state index in [9.17, 15) is 14.2 Å². The Hall–Kier alpha value is 2.18. The van der Waals surface area contributed by atoms with Crippen LogP contribution in [-0.4, -0.2) is 60.3 Å². The third-order valence-corrected chi connectivity index (χ3v) is 6.78. The van der Waals surface area contributed by atoms with Crippen LogP contribution in [-0.2, 0) is 9.13 Å². The summed E-state index contributed by atoms with van der Waals surface area (Å²) in [6, 6.07) is 0. The van der Waals surface area contributed by atoms with Gasteiger partial charge in [0.15, 0.2) is 0 Å². The van der Waals surface area contributed by atoms with Crippen molar-refractivity contribution in [3.8, 4) is 0 Å². The van der Waals surface area contributed by atoms with E-state index in [1.807, 2.05) is 6.92 Å². The second kappa shape index (κ2) is 13.4. The normalized spacial score (nSPS) is 12.2. The standard InChI is InChI=1S/C9H23NO7P2.2Na.H2O.2H/c1-3-4-5-7-10(2)8-6-9(11,18(12,13)14)19(15,16)17;;;;;/h11H,3-8H2,1-2H3,(H2,12,13,14)(H2,15,16,17);;;1H2;;/q;2*+1;;2*-1. The fourth-order valence-electron chi connectivity index (χ4n) is 1.55. The molecule has 0 aromatic rings. The molecule has 0 fully saturated rings. The van der Waals surface area contributed by atoms with Gasteiger partial charge >= 0.3 is 74.3 Å². The molecular weight excluding hydrogens is 358 g/mol. The van der Waals surface area contributed by atoms with E-state index in [4.69, 9.17) is 19.6 Å². The Bertz CT molecular complexity index is 363. The van der Waals surface area contributed by atoms with E-state index in [1.54, 1.807) is 11.9 Å². The third-order valence-electron chi connectivity index (χ3n) is 2.91. The molecule has 0 atom stereocenters. The summed E-state index contributed by atoms with van der Waals surface area (Å²) in [6.07, 6.45) is 2.19. The molecule has 22 heavy (non-hydrogen) atoms. The van der Waals surface area contributed by atoms with Crippen LogP contribution < -0.4 is 59.1 Å². The Kier molecular flexibility index (Phi) is 19.4. The largest absolute Gasteiger partial charge is 1.00 e. The summed E-state index contributed by atoms with van der Waals surface area (Å²) in [6.45, 7) is 2.64. The molecule has 0 heterocycles. The molecule has 0 amide bonds. The summed E-state index contributed by atoms with van der Waals surface area (Å²) in [5.74, 6) is 0. The Morgan fingerprint density at radius 3 is 1.73 bits per heavy atom. The maximum Gasteiger partial charge on any atom is 1.00 e. The molecule has 0 bridgehead atoms. The zero-order chi connectivity index (χ0) is 15.3. The third kappa shape index (κ3) is 10.2. The zero-order valence-corrected chi connectivity index (χ0v) is 19.4. The van der Waals surface area contributed by atoms with Crippen LogP contribution in [0.1, 0.15) is 35.5 Å². The fourth-order valence-corrected chi connectivity index (χ4v) is 3.69. The molecule has 0 aliphatic rings. The van der Waals surface area contributed by atoms with Gasteiger partial charge in [-0.2, -0.15) is 0 Å². The molecule has 0 saturated carbocycles. The summed E-state index contributed by atoms with van der Waals surface area (Å²) in [7, 11) is -9.00. The van der Waals surface area contributed by atoms with E-state index in [-0.39, 0.29) is 74.0 Å². The minimum atomic E-state index is -5.33. The maximum atomic E-state index is 11.1. The molecule has 0 unspecified atom stereocenters. The van der Waals surface area contributed by atoms with E-state index in [2.05, 4.69) is 0 Å². The Balaban J connectivity index is -0.000000162. The van der Waals surface area contributed by atoms with E-state index in [1.165, 1.54) is 0 Å². The smallest absolute Gasteiger partial charge is 1.00 e. The van der Waals surface area contributed by atoms with Crippen LogP contribution in [0.25, 0.3) is 0 Å². The summed E-state index contributed by atoms with van der Waals surface area (Å²) < 4.78 is 22.2. The second-order valence-electron chi connectivity index (χ2n) is 4.62. The number of rotatable bonds is 9. The number of aliphatic hydroxyl groups is 1. The average molecular weight is 385 g/mol. The Morgan fingerprint density at radius 1 is 1.00 bits per heavy atom. The van der Waals surface area contributed by atoms with E-state index < -0.39 is 26.7 Å². The van der Waals surface area contributed by atoms with Crippen LogP contribution in [0.5, 0.6) is 0 Å². The molecule has 0 rings (SSSR count). The topological polar surface area (TPSA) is 170 Å². The molecule has 13 heteroatoms. The van der Waals surface area contributed by atoms with Crippen molar-refractivity contribution < 1.29 is 101 Å². The van der Waals surface area contributed by atoms with Gasteiger partial charge in [-0.05, 0) is 20.0 Å². The van der Waals surface area contributed by atoms with Crippen LogP contribution >= 0.6 is 15.2 Å². The van der Waals surface area contributed by atoms with Gasteiger partial charge in [-0.15, -0.1) is 0 Å². The minimum Gasteiger partial charge on any atom is -1.00 e. The Morgan fingerprint density at radius 2 is 1.41 bits per heavy atom. The van der Waals surface area contributed by atoms with Crippen LogP contribution in [0.2, 0.25) is 0 Å². The van der Waals surface area contributed by atoms with Crippen molar-refractivity contribution in [2.75, 3.05) is 20.1 Å². The quantitative estimate of drug-likeness (QED) is 0.148. The first-order valence-electron chi connectivity index (χ1n) is 5.98. The molecule has 0 aliphatic heterocycles. The number of nitrogens with zero attached hydrogens (tertiary/aromatic N) is 1. The van der Waals surface area contributed by atoms with Crippen molar-refractivity contribution in [2.24, 2.45) is 0 Å². The van der Waals surface area contributed by atoms with E-state index in [0.29, 0.717) is 6.54 Å². The monoisotopic (exact) mass is 385 g/mol. The predicted molar refractivity (Wildman–Crippen MR) is 76.5 cm³/mol. The van der Waals surface area contributed by atoms with Crippen molar-refractivity contribution in [3.63, 3.8) is 0 Å². The predicted octanol–water partition coefficient (Wildman–Crippen LogP) is -6.09. The van der Waals surface area contributed by atoms with Crippen molar-refractivity contribution >= 4 is 15.2 Å². The number of hydrogen-bond donors (Lipinski definition) is 5. The first-order chi connectivity index (χ1) is 8.45. The SMILES string of the molecule is CCCCCN(C)CCC(O)(P(=O)(O)O)P(=O)(O)O.O.[H-].[H-].[Na+].[Na+]. The van der Waals surface area contributed by atoms with Gasteiger partial charge in [-0.25, -0.2) is 0 Å². The van der Waals surface area contributed by atoms with Crippen LogP contribution in [0.4, 0.5) is 0 Å². The first-order valence-corrected chi connectivity index (χ1v) is 9.20. The summed E-state index contributed by atoms with van der Waals surface area (Å²) in [4.78, 5) is 37.5. The summed E-state index contributed by atoms with van der Waals surface area (Å²) in [5, 5.41) is 6.35. The van der Waals surface area contributed by atoms with Gasteiger partial charge in [0.1, 0.15) is 0 Å². The van der Waals surface area contributed by atoms with Gasteiger partial charge in [0.05, 0.1) is 0 Å². The molecule has 128 valence electrons. The molecule has 0 aromatic carbocycles. The van der Waals surface area contributed by atoms with Crippen molar-refractivity contribution in [1.29, 1.82) is 0 Å². The Labute approximate surface area is 178 Å².